The molecule has 1 fully saturated rings. The molecule has 1 rings (SSSR count). The van der Waals surface area contributed by atoms with E-state index in [0.717, 1.165) is 44.6 Å². The van der Waals surface area contributed by atoms with E-state index in [0.29, 0.717) is 38.4 Å². The Morgan fingerprint density at radius 1 is 1.10 bits per heavy atom. The molecular formula is C23H38O6. The van der Waals surface area contributed by atoms with Crippen LogP contribution in [0.4, 0.5) is 0 Å². The Morgan fingerprint density at radius 3 is 2.48 bits per heavy atom. The monoisotopic (exact) mass is 410 g/mol. The van der Waals surface area contributed by atoms with Gasteiger partial charge in [-0.2, -0.15) is 0 Å². The first-order valence-corrected chi connectivity index (χ1v) is 11.0. The standard InChI is InChI=1S/C23H38O6/c1-5-7-8-9-10-15-28-22(26)23(29-20(24)6-2)14-11-12-19(17-23)21(25)27-16-13-18(3)4/h6,18-19H,2,5,7-17H2,1,3-4H3. The number of carbonyl (C=O) groups is 3. The molecule has 0 radical (unpaired) electrons. The van der Waals surface area contributed by atoms with Crippen LogP contribution in [0.1, 0.15) is 85.0 Å². The van der Waals surface area contributed by atoms with Crippen molar-refractivity contribution in [2.75, 3.05) is 13.2 Å². The number of rotatable bonds is 13. The molecule has 0 bridgehead atoms. The Hall–Kier alpha value is -1.85. The van der Waals surface area contributed by atoms with E-state index in [-0.39, 0.29) is 12.4 Å². The molecule has 0 aromatic carbocycles. The quantitative estimate of drug-likeness (QED) is 0.189. The third-order valence-corrected chi connectivity index (χ3v) is 5.30. The largest absolute Gasteiger partial charge is 0.465 e. The lowest BCUT2D eigenvalue weighted by Crippen LogP contribution is -2.49. The zero-order valence-electron chi connectivity index (χ0n) is 18.4. The van der Waals surface area contributed by atoms with Crippen LogP contribution in [-0.2, 0) is 28.6 Å². The maximum absolute atomic E-state index is 12.8. The highest BCUT2D eigenvalue weighted by Gasteiger charge is 2.49. The first-order valence-electron chi connectivity index (χ1n) is 11.0. The van der Waals surface area contributed by atoms with Gasteiger partial charge in [0.25, 0.3) is 0 Å². The average Bonchev–Trinajstić information content (AvgIpc) is 2.70. The lowest BCUT2D eigenvalue weighted by molar-refractivity contribution is -0.188. The summed E-state index contributed by atoms with van der Waals surface area (Å²) in [5.74, 6) is -1.63. The van der Waals surface area contributed by atoms with E-state index in [4.69, 9.17) is 14.2 Å². The minimum Gasteiger partial charge on any atom is -0.465 e. The van der Waals surface area contributed by atoms with E-state index in [1.807, 2.05) is 0 Å². The third kappa shape index (κ3) is 9.01. The molecule has 166 valence electrons. The highest BCUT2D eigenvalue weighted by Crippen LogP contribution is 2.37. The van der Waals surface area contributed by atoms with Gasteiger partial charge in [0.15, 0.2) is 0 Å². The van der Waals surface area contributed by atoms with Gasteiger partial charge in [-0.25, -0.2) is 9.59 Å². The van der Waals surface area contributed by atoms with Crippen molar-refractivity contribution in [1.29, 1.82) is 0 Å². The number of esters is 3. The average molecular weight is 411 g/mol. The minimum absolute atomic E-state index is 0.0990. The Balaban J connectivity index is 2.71. The summed E-state index contributed by atoms with van der Waals surface area (Å²) in [5.41, 5.74) is -1.44. The van der Waals surface area contributed by atoms with Crippen LogP contribution in [0.25, 0.3) is 0 Å². The maximum Gasteiger partial charge on any atom is 0.350 e. The zero-order valence-corrected chi connectivity index (χ0v) is 18.4. The molecule has 6 nitrogen and oxygen atoms in total. The highest BCUT2D eigenvalue weighted by molar-refractivity contribution is 5.88. The molecule has 1 aliphatic carbocycles. The molecule has 2 unspecified atom stereocenters. The minimum atomic E-state index is -1.44. The number of hydrogen-bond donors (Lipinski definition) is 0. The lowest BCUT2D eigenvalue weighted by atomic mass is 9.77. The van der Waals surface area contributed by atoms with Crippen molar-refractivity contribution < 1.29 is 28.6 Å². The molecule has 0 amide bonds. The van der Waals surface area contributed by atoms with Crippen molar-refractivity contribution >= 4 is 17.9 Å². The summed E-state index contributed by atoms with van der Waals surface area (Å²) in [6.07, 6.45) is 8.64. The van der Waals surface area contributed by atoms with Crippen molar-refractivity contribution in [2.45, 2.75) is 90.6 Å². The summed E-state index contributed by atoms with van der Waals surface area (Å²) in [7, 11) is 0. The van der Waals surface area contributed by atoms with Crippen molar-refractivity contribution in [1.82, 2.24) is 0 Å². The predicted molar refractivity (Wildman–Crippen MR) is 111 cm³/mol. The van der Waals surface area contributed by atoms with E-state index in [9.17, 15) is 14.4 Å². The molecule has 1 saturated carbocycles. The van der Waals surface area contributed by atoms with Gasteiger partial charge in [0.2, 0.25) is 5.60 Å². The third-order valence-electron chi connectivity index (χ3n) is 5.30. The van der Waals surface area contributed by atoms with Crippen LogP contribution in [0, 0.1) is 11.8 Å². The van der Waals surface area contributed by atoms with Gasteiger partial charge in [-0.05, 0) is 38.0 Å². The molecule has 2 atom stereocenters. The van der Waals surface area contributed by atoms with Crippen LogP contribution in [0.5, 0.6) is 0 Å². The van der Waals surface area contributed by atoms with Crippen LogP contribution in [0.3, 0.4) is 0 Å². The van der Waals surface area contributed by atoms with Crippen LogP contribution < -0.4 is 0 Å². The van der Waals surface area contributed by atoms with Gasteiger partial charge in [0, 0.05) is 12.5 Å². The van der Waals surface area contributed by atoms with E-state index < -0.39 is 23.5 Å². The molecule has 0 aromatic heterocycles. The molecule has 6 heteroatoms. The second-order valence-electron chi connectivity index (χ2n) is 8.31. The highest BCUT2D eigenvalue weighted by atomic mass is 16.6. The molecular weight excluding hydrogens is 372 g/mol. The SMILES string of the molecule is C=CC(=O)OC1(C(=O)OCCCCCCC)CCCC(C(=O)OCCC(C)C)C1. The summed E-state index contributed by atoms with van der Waals surface area (Å²) < 4.78 is 16.3. The van der Waals surface area contributed by atoms with Gasteiger partial charge in [-0.3, -0.25) is 4.79 Å². The lowest BCUT2D eigenvalue weighted by Gasteiger charge is -2.37. The fourth-order valence-electron chi connectivity index (χ4n) is 3.51. The molecule has 0 spiro atoms. The van der Waals surface area contributed by atoms with Crippen molar-refractivity contribution in [3.8, 4) is 0 Å². The van der Waals surface area contributed by atoms with E-state index in [1.165, 1.54) is 0 Å². The maximum atomic E-state index is 12.8. The number of unbranched alkanes of at least 4 members (excludes halogenated alkanes) is 4. The number of hydrogen-bond acceptors (Lipinski definition) is 6. The van der Waals surface area contributed by atoms with E-state index >= 15 is 0 Å². The van der Waals surface area contributed by atoms with E-state index in [1.54, 1.807) is 0 Å². The second-order valence-corrected chi connectivity index (χ2v) is 8.31. The molecule has 29 heavy (non-hydrogen) atoms. The Kier molecular flexibility index (Phi) is 11.6. The summed E-state index contributed by atoms with van der Waals surface area (Å²) in [5, 5.41) is 0. The van der Waals surface area contributed by atoms with Crippen molar-refractivity contribution in [3.63, 3.8) is 0 Å². The van der Waals surface area contributed by atoms with Crippen molar-refractivity contribution in [3.05, 3.63) is 12.7 Å². The normalized spacial score (nSPS) is 21.4. The van der Waals surface area contributed by atoms with Crippen LogP contribution in [0.2, 0.25) is 0 Å². The fourth-order valence-corrected chi connectivity index (χ4v) is 3.51. The number of ether oxygens (including phenoxy) is 3. The molecule has 0 aliphatic heterocycles. The van der Waals surface area contributed by atoms with Crippen LogP contribution >= 0.6 is 0 Å². The zero-order chi connectivity index (χ0) is 21.7. The molecule has 0 aromatic rings. The second kappa shape index (κ2) is 13.4. The van der Waals surface area contributed by atoms with Crippen molar-refractivity contribution in [2.24, 2.45) is 11.8 Å². The van der Waals surface area contributed by atoms with Gasteiger partial charge >= 0.3 is 17.9 Å². The Labute approximate surface area is 175 Å². The summed E-state index contributed by atoms with van der Waals surface area (Å²) in [6.45, 7) is 10.3. The molecule has 1 aliphatic rings. The van der Waals surface area contributed by atoms with Crippen LogP contribution in [-0.4, -0.2) is 36.7 Å². The first-order chi connectivity index (χ1) is 13.8. The summed E-state index contributed by atoms with van der Waals surface area (Å²) in [4.78, 5) is 37.2. The first kappa shape index (κ1) is 25.2. The van der Waals surface area contributed by atoms with Gasteiger partial charge < -0.3 is 14.2 Å². The molecule has 0 N–H and O–H groups in total. The topological polar surface area (TPSA) is 78.9 Å². The van der Waals surface area contributed by atoms with Crippen LogP contribution in [0.15, 0.2) is 12.7 Å². The van der Waals surface area contributed by atoms with E-state index in [2.05, 4.69) is 27.4 Å². The molecule has 0 heterocycles. The Bertz CT molecular complexity index is 541. The van der Waals surface area contributed by atoms with Gasteiger partial charge in [0.1, 0.15) is 0 Å². The predicted octanol–water partition coefficient (Wildman–Crippen LogP) is 4.75. The van der Waals surface area contributed by atoms with Gasteiger partial charge in [-0.1, -0.05) is 53.0 Å². The summed E-state index contributed by atoms with van der Waals surface area (Å²) in [6, 6.07) is 0. The number of carbonyl (C=O) groups excluding carboxylic acids is 3. The summed E-state index contributed by atoms with van der Waals surface area (Å²) >= 11 is 0. The van der Waals surface area contributed by atoms with Gasteiger partial charge in [-0.15, -0.1) is 0 Å². The smallest absolute Gasteiger partial charge is 0.350 e. The Morgan fingerprint density at radius 2 is 1.83 bits per heavy atom. The van der Waals surface area contributed by atoms with Gasteiger partial charge in [0.05, 0.1) is 19.1 Å². The molecule has 0 saturated heterocycles. The fraction of sp³-hybridized carbons (Fsp3) is 0.783.